The van der Waals surface area contributed by atoms with E-state index in [2.05, 4.69) is 10.6 Å². The van der Waals surface area contributed by atoms with Crippen LogP contribution in [0.25, 0.3) is 0 Å². The van der Waals surface area contributed by atoms with Gasteiger partial charge in [-0.3, -0.25) is 4.79 Å². The highest BCUT2D eigenvalue weighted by molar-refractivity contribution is 5.90. The van der Waals surface area contributed by atoms with Crippen molar-refractivity contribution in [1.29, 1.82) is 0 Å². The minimum absolute atomic E-state index is 0.00703. The second-order valence-corrected chi connectivity index (χ2v) is 4.88. The number of methoxy groups -OCH3 is 1. The third kappa shape index (κ3) is 4.75. The summed E-state index contributed by atoms with van der Waals surface area (Å²) in [6.07, 6.45) is -0.215. The largest absolute Gasteiger partial charge is 0.494 e. The standard InChI is InChI=1S/C13H17FN2O4/c1-13(2,7-11(17)18)16-12(19)15-8-4-5-9(14)10(6-8)20-3/h4-6H,7H2,1-3H3,(H,17,18)(H2,15,16,19). The van der Waals surface area contributed by atoms with E-state index < -0.39 is 23.4 Å². The molecule has 1 rings (SSSR count). The Balaban J connectivity index is 2.69. The molecular formula is C13H17FN2O4. The van der Waals surface area contributed by atoms with Gasteiger partial charge in [-0.2, -0.15) is 0 Å². The number of anilines is 1. The fourth-order valence-electron chi connectivity index (χ4n) is 1.63. The molecule has 1 aromatic rings. The Hall–Kier alpha value is -2.31. The summed E-state index contributed by atoms with van der Waals surface area (Å²) in [7, 11) is 1.32. The SMILES string of the molecule is COc1cc(NC(=O)NC(C)(C)CC(=O)O)ccc1F. The number of carboxylic acids is 1. The minimum atomic E-state index is -1.02. The van der Waals surface area contributed by atoms with Gasteiger partial charge in [0.25, 0.3) is 0 Å². The fraction of sp³-hybridized carbons (Fsp3) is 0.385. The van der Waals surface area contributed by atoms with E-state index in [1.165, 1.54) is 19.2 Å². The molecule has 0 aliphatic rings. The topological polar surface area (TPSA) is 87.7 Å². The minimum Gasteiger partial charge on any atom is -0.494 e. The monoisotopic (exact) mass is 284 g/mol. The number of benzene rings is 1. The van der Waals surface area contributed by atoms with Crippen LogP contribution in [0.5, 0.6) is 5.75 Å². The van der Waals surface area contributed by atoms with E-state index in [0.717, 1.165) is 6.07 Å². The van der Waals surface area contributed by atoms with Crippen LogP contribution in [-0.4, -0.2) is 29.8 Å². The molecule has 7 heteroatoms. The Labute approximate surface area is 115 Å². The van der Waals surface area contributed by atoms with Crippen molar-refractivity contribution in [2.75, 3.05) is 12.4 Å². The Morgan fingerprint density at radius 3 is 2.60 bits per heavy atom. The van der Waals surface area contributed by atoms with Crippen molar-refractivity contribution < 1.29 is 23.8 Å². The molecule has 0 fully saturated rings. The van der Waals surface area contributed by atoms with Crippen molar-refractivity contribution in [1.82, 2.24) is 5.32 Å². The predicted molar refractivity (Wildman–Crippen MR) is 71.4 cm³/mol. The molecule has 0 aromatic heterocycles. The summed E-state index contributed by atoms with van der Waals surface area (Å²) in [4.78, 5) is 22.4. The Morgan fingerprint density at radius 2 is 2.05 bits per heavy atom. The normalized spacial score (nSPS) is 10.8. The molecule has 0 radical (unpaired) electrons. The smallest absolute Gasteiger partial charge is 0.319 e. The number of hydrogen-bond donors (Lipinski definition) is 3. The third-order valence-corrected chi connectivity index (χ3v) is 2.45. The van der Waals surface area contributed by atoms with Crippen LogP contribution < -0.4 is 15.4 Å². The Kier molecular flexibility index (Phi) is 4.90. The van der Waals surface area contributed by atoms with Crippen LogP contribution >= 0.6 is 0 Å². The molecule has 2 amide bonds. The molecule has 0 aliphatic carbocycles. The Morgan fingerprint density at radius 1 is 1.40 bits per heavy atom. The van der Waals surface area contributed by atoms with Crippen molar-refractivity contribution in [3.05, 3.63) is 24.0 Å². The zero-order valence-corrected chi connectivity index (χ0v) is 11.5. The van der Waals surface area contributed by atoms with E-state index in [0.29, 0.717) is 5.69 Å². The second-order valence-electron chi connectivity index (χ2n) is 4.88. The number of carbonyl (C=O) groups is 2. The summed E-state index contributed by atoms with van der Waals surface area (Å²) >= 11 is 0. The first-order chi connectivity index (χ1) is 9.23. The summed E-state index contributed by atoms with van der Waals surface area (Å²) in [5.74, 6) is -1.55. The lowest BCUT2D eigenvalue weighted by Crippen LogP contribution is -2.46. The van der Waals surface area contributed by atoms with Crippen LogP contribution in [0.15, 0.2) is 18.2 Å². The number of ether oxygens (including phenoxy) is 1. The number of halogens is 1. The van der Waals surface area contributed by atoms with E-state index >= 15 is 0 Å². The first kappa shape index (κ1) is 15.7. The molecule has 0 saturated carbocycles. The molecule has 0 unspecified atom stereocenters. The summed E-state index contributed by atoms with van der Waals surface area (Å²) in [5.41, 5.74) is -0.563. The highest BCUT2D eigenvalue weighted by Gasteiger charge is 2.23. The van der Waals surface area contributed by atoms with Crippen LogP contribution in [0.3, 0.4) is 0 Å². The average Bonchev–Trinajstić information content (AvgIpc) is 2.28. The molecule has 0 bridgehead atoms. The lowest BCUT2D eigenvalue weighted by molar-refractivity contribution is -0.138. The molecule has 6 nitrogen and oxygen atoms in total. The number of aliphatic carboxylic acids is 1. The zero-order valence-electron chi connectivity index (χ0n) is 11.5. The van der Waals surface area contributed by atoms with Gasteiger partial charge in [-0.05, 0) is 26.0 Å². The van der Waals surface area contributed by atoms with Crippen molar-refractivity contribution >= 4 is 17.7 Å². The molecule has 110 valence electrons. The summed E-state index contributed by atoms with van der Waals surface area (Å²) in [5, 5.41) is 13.7. The van der Waals surface area contributed by atoms with Crippen LogP contribution in [0, 0.1) is 5.82 Å². The van der Waals surface area contributed by atoms with Gasteiger partial charge in [0.05, 0.1) is 13.5 Å². The van der Waals surface area contributed by atoms with Gasteiger partial charge in [-0.15, -0.1) is 0 Å². The average molecular weight is 284 g/mol. The zero-order chi connectivity index (χ0) is 15.3. The van der Waals surface area contributed by atoms with Crippen molar-refractivity contribution in [3.8, 4) is 5.75 Å². The van der Waals surface area contributed by atoms with Gasteiger partial charge in [0.2, 0.25) is 0 Å². The van der Waals surface area contributed by atoms with Crippen LogP contribution in [0.1, 0.15) is 20.3 Å². The maximum atomic E-state index is 13.2. The van der Waals surface area contributed by atoms with Crippen LogP contribution in [0.4, 0.5) is 14.9 Å². The molecule has 20 heavy (non-hydrogen) atoms. The first-order valence-electron chi connectivity index (χ1n) is 5.88. The highest BCUT2D eigenvalue weighted by Crippen LogP contribution is 2.21. The summed E-state index contributed by atoms with van der Waals surface area (Å²) in [6, 6.07) is 3.29. The Bertz CT molecular complexity index is 517. The number of hydrogen-bond acceptors (Lipinski definition) is 3. The lowest BCUT2D eigenvalue weighted by Gasteiger charge is -2.24. The van der Waals surface area contributed by atoms with Crippen LogP contribution in [0.2, 0.25) is 0 Å². The van der Waals surface area contributed by atoms with Gasteiger partial charge in [0.15, 0.2) is 11.6 Å². The van der Waals surface area contributed by atoms with E-state index in [-0.39, 0.29) is 12.2 Å². The van der Waals surface area contributed by atoms with Crippen molar-refractivity contribution in [2.45, 2.75) is 25.8 Å². The number of carbonyl (C=O) groups excluding carboxylic acids is 1. The number of urea groups is 1. The van der Waals surface area contributed by atoms with E-state index in [9.17, 15) is 14.0 Å². The van der Waals surface area contributed by atoms with Gasteiger partial charge in [-0.1, -0.05) is 0 Å². The van der Waals surface area contributed by atoms with Gasteiger partial charge in [0, 0.05) is 17.3 Å². The molecule has 0 aliphatic heterocycles. The quantitative estimate of drug-likeness (QED) is 0.773. The van der Waals surface area contributed by atoms with Gasteiger partial charge in [0.1, 0.15) is 0 Å². The molecule has 3 N–H and O–H groups in total. The molecule has 0 atom stereocenters. The number of rotatable bonds is 5. The van der Waals surface area contributed by atoms with Gasteiger partial charge in [-0.25, -0.2) is 9.18 Å². The molecular weight excluding hydrogens is 267 g/mol. The molecule has 1 aromatic carbocycles. The number of amides is 2. The number of nitrogens with one attached hydrogen (secondary N) is 2. The van der Waals surface area contributed by atoms with Gasteiger partial charge >= 0.3 is 12.0 Å². The van der Waals surface area contributed by atoms with E-state index in [1.54, 1.807) is 13.8 Å². The molecule has 0 spiro atoms. The van der Waals surface area contributed by atoms with Crippen molar-refractivity contribution in [2.24, 2.45) is 0 Å². The maximum Gasteiger partial charge on any atom is 0.319 e. The predicted octanol–water partition coefficient (Wildman–Crippen LogP) is 2.21. The highest BCUT2D eigenvalue weighted by atomic mass is 19.1. The number of carboxylic acid groups (broad SMARTS) is 1. The first-order valence-corrected chi connectivity index (χ1v) is 5.88. The van der Waals surface area contributed by atoms with E-state index in [1.807, 2.05) is 0 Å². The van der Waals surface area contributed by atoms with Crippen LogP contribution in [-0.2, 0) is 4.79 Å². The second kappa shape index (κ2) is 6.23. The van der Waals surface area contributed by atoms with E-state index in [4.69, 9.17) is 9.84 Å². The summed E-state index contributed by atoms with van der Waals surface area (Å²) < 4.78 is 18.0. The molecule has 0 heterocycles. The molecule has 0 saturated heterocycles. The van der Waals surface area contributed by atoms with Crippen molar-refractivity contribution in [3.63, 3.8) is 0 Å². The fourth-order valence-corrected chi connectivity index (χ4v) is 1.63. The third-order valence-electron chi connectivity index (χ3n) is 2.45. The lowest BCUT2D eigenvalue weighted by atomic mass is 10.0. The maximum absolute atomic E-state index is 13.2. The van der Waals surface area contributed by atoms with Gasteiger partial charge < -0.3 is 20.5 Å². The summed E-state index contributed by atoms with van der Waals surface area (Å²) in [6.45, 7) is 3.18.